The van der Waals surface area contributed by atoms with Gasteiger partial charge in [-0.2, -0.15) is 0 Å². The first kappa shape index (κ1) is 23.7. The Morgan fingerprint density at radius 3 is 1.84 bits per heavy atom. The molecular formula is C42H26N2. The van der Waals surface area contributed by atoms with Crippen LogP contribution in [0, 0.1) is 0 Å². The number of aromatic nitrogens is 2. The van der Waals surface area contributed by atoms with E-state index in [2.05, 4.69) is 161 Å². The van der Waals surface area contributed by atoms with Crippen LogP contribution in [0.15, 0.2) is 152 Å². The molecule has 44 heavy (non-hydrogen) atoms. The molecule has 0 unspecified atom stereocenters. The third-order valence-electron chi connectivity index (χ3n) is 9.47. The quantitative estimate of drug-likeness (QED) is 0.218. The van der Waals surface area contributed by atoms with Crippen molar-refractivity contribution in [1.82, 2.24) is 9.55 Å². The number of aromatic amines is 1. The van der Waals surface area contributed by atoms with Crippen molar-refractivity contribution in [2.24, 2.45) is 0 Å². The molecule has 204 valence electrons. The maximum atomic E-state index is 3.73. The first-order valence-corrected chi connectivity index (χ1v) is 15.2. The SMILES string of the molecule is c1ccc2cc(-n3c4ccccc4c4cc(-c5cc6[nH]c7ccccc7c6c6ccccc56)c5ccccc5c43)ccc2c1. The van der Waals surface area contributed by atoms with Crippen LogP contribution in [0.3, 0.4) is 0 Å². The molecule has 8 aromatic carbocycles. The van der Waals surface area contributed by atoms with Crippen molar-refractivity contribution in [3.8, 4) is 16.8 Å². The summed E-state index contributed by atoms with van der Waals surface area (Å²) in [6.07, 6.45) is 0. The van der Waals surface area contributed by atoms with E-state index in [-0.39, 0.29) is 0 Å². The fraction of sp³-hybridized carbons (Fsp3) is 0. The number of nitrogens with one attached hydrogen (secondary N) is 1. The number of para-hydroxylation sites is 2. The highest BCUT2D eigenvalue weighted by atomic mass is 15.0. The van der Waals surface area contributed by atoms with Crippen LogP contribution < -0.4 is 0 Å². The molecule has 0 amide bonds. The Bertz CT molecular complexity index is 2780. The second-order valence-electron chi connectivity index (χ2n) is 11.8. The molecule has 0 aliphatic carbocycles. The molecule has 2 aromatic heterocycles. The lowest BCUT2D eigenvalue weighted by molar-refractivity contribution is 1.19. The van der Waals surface area contributed by atoms with Crippen LogP contribution in [0.25, 0.3) is 92.7 Å². The van der Waals surface area contributed by atoms with Crippen LogP contribution in [0.1, 0.15) is 0 Å². The summed E-state index contributed by atoms with van der Waals surface area (Å²) in [5.41, 5.74) is 8.49. The van der Waals surface area contributed by atoms with Crippen molar-refractivity contribution in [3.63, 3.8) is 0 Å². The zero-order valence-corrected chi connectivity index (χ0v) is 23.9. The van der Waals surface area contributed by atoms with Gasteiger partial charge in [0.2, 0.25) is 0 Å². The lowest BCUT2D eigenvalue weighted by atomic mass is 9.90. The minimum atomic E-state index is 1.17. The van der Waals surface area contributed by atoms with Gasteiger partial charge in [-0.3, -0.25) is 0 Å². The van der Waals surface area contributed by atoms with Gasteiger partial charge in [0.1, 0.15) is 0 Å². The molecule has 0 spiro atoms. The third-order valence-corrected chi connectivity index (χ3v) is 9.47. The second kappa shape index (κ2) is 8.82. The van der Waals surface area contributed by atoms with Gasteiger partial charge in [0.15, 0.2) is 0 Å². The average molecular weight is 559 g/mol. The van der Waals surface area contributed by atoms with Gasteiger partial charge in [0.05, 0.1) is 11.0 Å². The summed E-state index contributed by atoms with van der Waals surface area (Å²) in [7, 11) is 0. The highest BCUT2D eigenvalue weighted by molar-refractivity contribution is 6.27. The van der Waals surface area contributed by atoms with E-state index in [1.54, 1.807) is 0 Å². The number of hydrogen-bond acceptors (Lipinski definition) is 0. The first-order chi connectivity index (χ1) is 21.8. The molecule has 0 radical (unpaired) electrons. The molecule has 2 heterocycles. The molecule has 1 N–H and O–H groups in total. The van der Waals surface area contributed by atoms with E-state index < -0.39 is 0 Å². The van der Waals surface area contributed by atoms with Crippen LogP contribution in [0.4, 0.5) is 0 Å². The van der Waals surface area contributed by atoms with Gasteiger partial charge in [0.25, 0.3) is 0 Å². The Kier molecular flexibility index (Phi) is 4.75. The van der Waals surface area contributed by atoms with E-state index in [0.29, 0.717) is 0 Å². The third kappa shape index (κ3) is 3.20. The molecule has 0 saturated heterocycles. The lowest BCUT2D eigenvalue weighted by Crippen LogP contribution is -1.95. The summed E-state index contributed by atoms with van der Waals surface area (Å²) in [5, 5.41) is 12.6. The minimum absolute atomic E-state index is 1.17. The zero-order chi connectivity index (χ0) is 28.8. The van der Waals surface area contributed by atoms with Crippen molar-refractivity contribution in [3.05, 3.63) is 152 Å². The van der Waals surface area contributed by atoms with Crippen molar-refractivity contribution >= 4 is 75.9 Å². The van der Waals surface area contributed by atoms with Crippen molar-refractivity contribution < 1.29 is 0 Å². The Hall–Kier alpha value is -5.86. The predicted molar refractivity (Wildman–Crippen MR) is 188 cm³/mol. The molecule has 0 bridgehead atoms. The monoisotopic (exact) mass is 558 g/mol. The second-order valence-corrected chi connectivity index (χ2v) is 11.8. The minimum Gasteiger partial charge on any atom is -0.354 e. The molecule has 0 saturated carbocycles. The van der Waals surface area contributed by atoms with Gasteiger partial charge < -0.3 is 9.55 Å². The van der Waals surface area contributed by atoms with Gasteiger partial charge in [-0.15, -0.1) is 0 Å². The van der Waals surface area contributed by atoms with E-state index in [1.807, 2.05) is 0 Å². The molecular weight excluding hydrogens is 532 g/mol. The lowest BCUT2D eigenvalue weighted by Gasteiger charge is -2.15. The number of H-pyrrole nitrogens is 1. The maximum absolute atomic E-state index is 3.73. The first-order valence-electron chi connectivity index (χ1n) is 15.2. The van der Waals surface area contributed by atoms with Crippen LogP contribution in [0.2, 0.25) is 0 Å². The van der Waals surface area contributed by atoms with E-state index in [4.69, 9.17) is 0 Å². The summed E-state index contributed by atoms with van der Waals surface area (Å²) in [6.45, 7) is 0. The fourth-order valence-corrected chi connectivity index (χ4v) is 7.57. The average Bonchev–Trinajstić information content (AvgIpc) is 3.63. The van der Waals surface area contributed by atoms with Crippen molar-refractivity contribution in [2.75, 3.05) is 0 Å². The molecule has 2 nitrogen and oxygen atoms in total. The fourth-order valence-electron chi connectivity index (χ4n) is 7.57. The Morgan fingerprint density at radius 1 is 0.386 bits per heavy atom. The normalized spacial score (nSPS) is 12.1. The van der Waals surface area contributed by atoms with Gasteiger partial charge >= 0.3 is 0 Å². The Morgan fingerprint density at radius 2 is 1.00 bits per heavy atom. The number of fused-ring (bicyclic) bond motifs is 11. The number of rotatable bonds is 2. The van der Waals surface area contributed by atoms with Crippen LogP contribution in [0.5, 0.6) is 0 Å². The standard InChI is InChI=1S/C42H26N2/c1-2-12-27-23-28(22-21-26(27)11-1)44-40-20-10-8-15-31(40)37-24-35(30-14-4-6-17-33(30)42(37)44)36-25-39-41(32-16-5-3-13-29(32)36)34-18-7-9-19-38(34)43-39/h1-25,43H. The number of hydrogen-bond donors (Lipinski definition) is 1. The Labute approximate surface area is 253 Å². The van der Waals surface area contributed by atoms with E-state index in [1.165, 1.54) is 92.7 Å². The van der Waals surface area contributed by atoms with E-state index in [0.717, 1.165) is 0 Å². The summed E-state index contributed by atoms with van der Waals surface area (Å²) < 4.78 is 2.46. The molecule has 10 rings (SSSR count). The Balaban J connectivity index is 1.36. The summed E-state index contributed by atoms with van der Waals surface area (Å²) in [5.74, 6) is 0. The smallest absolute Gasteiger partial charge is 0.0619 e. The number of benzene rings is 8. The molecule has 2 heteroatoms. The van der Waals surface area contributed by atoms with Gasteiger partial charge in [-0.05, 0) is 74.5 Å². The highest BCUT2D eigenvalue weighted by Crippen LogP contribution is 2.45. The summed E-state index contributed by atoms with van der Waals surface area (Å²) >= 11 is 0. The van der Waals surface area contributed by atoms with Crippen LogP contribution in [-0.4, -0.2) is 9.55 Å². The molecule has 0 aliphatic rings. The predicted octanol–water partition coefficient (Wildman–Crippen LogP) is 11.5. The summed E-state index contributed by atoms with van der Waals surface area (Å²) in [4.78, 5) is 3.73. The van der Waals surface area contributed by atoms with E-state index in [9.17, 15) is 0 Å². The molecule has 10 aromatic rings. The zero-order valence-electron chi connectivity index (χ0n) is 23.9. The molecule has 0 aliphatic heterocycles. The largest absolute Gasteiger partial charge is 0.354 e. The highest BCUT2D eigenvalue weighted by Gasteiger charge is 2.20. The number of nitrogens with zero attached hydrogens (tertiary/aromatic N) is 1. The van der Waals surface area contributed by atoms with E-state index >= 15 is 0 Å². The van der Waals surface area contributed by atoms with Gasteiger partial charge in [0, 0.05) is 43.7 Å². The van der Waals surface area contributed by atoms with Gasteiger partial charge in [-0.25, -0.2) is 0 Å². The maximum Gasteiger partial charge on any atom is 0.0619 e. The van der Waals surface area contributed by atoms with Crippen LogP contribution >= 0.6 is 0 Å². The molecule has 0 fully saturated rings. The van der Waals surface area contributed by atoms with Crippen molar-refractivity contribution in [1.29, 1.82) is 0 Å². The van der Waals surface area contributed by atoms with Gasteiger partial charge in [-0.1, -0.05) is 115 Å². The van der Waals surface area contributed by atoms with Crippen molar-refractivity contribution in [2.45, 2.75) is 0 Å². The topological polar surface area (TPSA) is 20.7 Å². The van der Waals surface area contributed by atoms with Crippen LogP contribution in [-0.2, 0) is 0 Å². The summed E-state index contributed by atoms with van der Waals surface area (Å²) in [6, 6.07) is 55.5. The molecule has 0 atom stereocenters.